The molecule has 1 heterocycles. The molecule has 2 aromatic carbocycles. The maximum absolute atomic E-state index is 13.0. The van der Waals surface area contributed by atoms with E-state index >= 15 is 0 Å². The molecular formula is C25H26N2O4S. The van der Waals surface area contributed by atoms with E-state index in [9.17, 15) is 9.59 Å². The molecule has 6 nitrogen and oxygen atoms in total. The first-order chi connectivity index (χ1) is 15.5. The van der Waals surface area contributed by atoms with E-state index in [0.29, 0.717) is 23.7 Å². The van der Waals surface area contributed by atoms with E-state index in [0.717, 1.165) is 16.0 Å². The Morgan fingerprint density at radius 2 is 1.88 bits per heavy atom. The summed E-state index contributed by atoms with van der Waals surface area (Å²) in [5.41, 5.74) is 2.39. The molecule has 0 aliphatic heterocycles. The number of methoxy groups -OCH3 is 1. The van der Waals surface area contributed by atoms with Crippen LogP contribution in [0, 0.1) is 6.92 Å². The minimum absolute atomic E-state index is 0.180. The number of amides is 2. The summed E-state index contributed by atoms with van der Waals surface area (Å²) in [6.07, 6.45) is 1.68. The summed E-state index contributed by atoms with van der Waals surface area (Å²) in [5.74, 6) is 0.535. The number of aryl methyl sites for hydroxylation is 1. The molecule has 0 saturated carbocycles. The number of hydrogen-bond donors (Lipinski definition) is 2. The Morgan fingerprint density at radius 1 is 1.06 bits per heavy atom. The number of nitrogens with one attached hydrogen (secondary N) is 2. The SMILES string of the molecule is CCOc1cc(CNC(=O)/C(=C/c2cccs2)NC(=O)c2ccccc2C)ccc1OC. The average Bonchev–Trinajstić information content (AvgIpc) is 3.31. The van der Waals surface area contributed by atoms with Gasteiger partial charge < -0.3 is 20.1 Å². The van der Waals surface area contributed by atoms with Crippen LogP contribution in [-0.4, -0.2) is 25.5 Å². The standard InChI is InChI=1S/C25H26N2O4S/c1-4-31-23-14-18(11-12-22(23)30-3)16-26-25(29)21(15-19-9-7-13-32-19)27-24(28)20-10-6-5-8-17(20)2/h5-15H,4,16H2,1-3H3,(H,26,29)(H,27,28)/b21-15-. The van der Waals surface area contributed by atoms with Crippen molar-refractivity contribution in [3.63, 3.8) is 0 Å². The molecule has 166 valence electrons. The van der Waals surface area contributed by atoms with Crippen LogP contribution >= 0.6 is 11.3 Å². The number of ether oxygens (including phenoxy) is 2. The summed E-state index contributed by atoms with van der Waals surface area (Å²) in [4.78, 5) is 26.7. The van der Waals surface area contributed by atoms with Crippen molar-refractivity contribution in [3.05, 3.63) is 87.2 Å². The van der Waals surface area contributed by atoms with Gasteiger partial charge in [0.15, 0.2) is 11.5 Å². The van der Waals surface area contributed by atoms with E-state index in [1.165, 1.54) is 11.3 Å². The lowest BCUT2D eigenvalue weighted by atomic mass is 10.1. The zero-order valence-electron chi connectivity index (χ0n) is 18.3. The smallest absolute Gasteiger partial charge is 0.268 e. The molecular weight excluding hydrogens is 424 g/mol. The molecule has 0 aliphatic rings. The van der Waals surface area contributed by atoms with Crippen molar-refractivity contribution >= 4 is 29.2 Å². The largest absolute Gasteiger partial charge is 0.493 e. The summed E-state index contributed by atoms with van der Waals surface area (Å²) in [7, 11) is 1.58. The summed E-state index contributed by atoms with van der Waals surface area (Å²) < 4.78 is 10.9. The van der Waals surface area contributed by atoms with Crippen molar-refractivity contribution < 1.29 is 19.1 Å². The molecule has 2 N–H and O–H groups in total. The lowest BCUT2D eigenvalue weighted by Gasteiger charge is -2.14. The third-order valence-corrected chi connectivity index (χ3v) is 5.51. The Balaban J connectivity index is 1.77. The summed E-state index contributed by atoms with van der Waals surface area (Å²) in [5, 5.41) is 7.56. The van der Waals surface area contributed by atoms with Gasteiger partial charge in [-0.15, -0.1) is 11.3 Å². The molecule has 0 unspecified atom stereocenters. The molecule has 32 heavy (non-hydrogen) atoms. The van der Waals surface area contributed by atoms with E-state index in [2.05, 4.69) is 10.6 Å². The third kappa shape index (κ3) is 5.98. The fourth-order valence-corrected chi connectivity index (χ4v) is 3.73. The second-order valence-electron chi connectivity index (χ2n) is 6.94. The highest BCUT2D eigenvalue weighted by Gasteiger charge is 2.16. The zero-order chi connectivity index (χ0) is 22.9. The molecule has 0 aliphatic carbocycles. The van der Waals surface area contributed by atoms with Crippen LogP contribution in [0.5, 0.6) is 11.5 Å². The molecule has 7 heteroatoms. The molecule has 2 amide bonds. The third-order valence-electron chi connectivity index (χ3n) is 4.69. The molecule has 0 bridgehead atoms. The first-order valence-corrected chi connectivity index (χ1v) is 11.1. The Hall–Kier alpha value is -3.58. The van der Waals surface area contributed by atoms with E-state index < -0.39 is 0 Å². The van der Waals surface area contributed by atoms with Crippen molar-refractivity contribution in [3.8, 4) is 11.5 Å². The van der Waals surface area contributed by atoms with Crippen molar-refractivity contribution in [1.82, 2.24) is 10.6 Å². The molecule has 0 spiro atoms. The molecule has 0 radical (unpaired) electrons. The number of rotatable bonds is 9. The van der Waals surface area contributed by atoms with Gasteiger partial charge in [0.05, 0.1) is 13.7 Å². The predicted molar refractivity (Wildman–Crippen MR) is 127 cm³/mol. The van der Waals surface area contributed by atoms with E-state index in [4.69, 9.17) is 9.47 Å². The maximum atomic E-state index is 13.0. The van der Waals surface area contributed by atoms with Gasteiger partial charge in [-0.2, -0.15) is 0 Å². The normalized spacial score (nSPS) is 11.0. The lowest BCUT2D eigenvalue weighted by Crippen LogP contribution is -2.34. The van der Waals surface area contributed by atoms with Crippen molar-refractivity contribution in [2.75, 3.05) is 13.7 Å². The average molecular weight is 451 g/mol. The Kier molecular flexibility index (Phi) is 8.05. The molecule has 0 fully saturated rings. The number of carbonyl (C=O) groups is 2. The molecule has 0 saturated heterocycles. The predicted octanol–water partition coefficient (Wildman–Crippen LogP) is 4.55. The highest BCUT2D eigenvalue weighted by Crippen LogP contribution is 2.28. The fourth-order valence-electron chi connectivity index (χ4n) is 3.07. The maximum Gasteiger partial charge on any atom is 0.268 e. The monoisotopic (exact) mass is 450 g/mol. The minimum atomic E-state index is -0.380. The van der Waals surface area contributed by atoms with E-state index in [-0.39, 0.29) is 24.1 Å². The van der Waals surface area contributed by atoms with Gasteiger partial charge in [0.25, 0.3) is 11.8 Å². The first-order valence-electron chi connectivity index (χ1n) is 10.2. The van der Waals surface area contributed by atoms with Gasteiger partial charge in [0.2, 0.25) is 0 Å². The Morgan fingerprint density at radius 3 is 2.56 bits per heavy atom. The number of benzene rings is 2. The molecule has 1 aromatic heterocycles. The van der Waals surface area contributed by atoms with Crippen molar-refractivity contribution in [2.45, 2.75) is 20.4 Å². The van der Waals surface area contributed by atoms with Crippen LogP contribution in [0.25, 0.3) is 6.08 Å². The molecule has 0 atom stereocenters. The van der Waals surface area contributed by atoms with Gasteiger partial charge in [-0.3, -0.25) is 9.59 Å². The quantitative estimate of drug-likeness (QED) is 0.469. The van der Waals surface area contributed by atoms with Crippen LogP contribution < -0.4 is 20.1 Å². The summed E-state index contributed by atoms with van der Waals surface area (Å²) >= 11 is 1.48. The highest BCUT2D eigenvalue weighted by atomic mass is 32.1. The van der Waals surface area contributed by atoms with E-state index in [1.54, 1.807) is 31.4 Å². The number of carbonyl (C=O) groups excluding carboxylic acids is 2. The van der Waals surface area contributed by atoms with Crippen LogP contribution in [0.2, 0.25) is 0 Å². The van der Waals surface area contributed by atoms with Gasteiger partial charge in [-0.25, -0.2) is 0 Å². The van der Waals surface area contributed by atoms with Gasteiger partial charge in [0.1, 0.15) is 5.70 Å². The van der Waals surface area contributed by atoms with Crippen LogP contribution in [0.4, 0.5) is 0 Å². The van der Waals surface area contributed by atoms with Crippen LogP contribution in [0.1, 0.15) is 33.3 Å². The minimum Gasteiger partial charge on any atom is -0.493 e. The number of hydrogen-bond acceptors (Lipinski definition) is 5. The lowest BCUT2D eigenvalue weighted by molar-refractivity contribution is -0.117. The highest BCUT2D eigenvalue weighted by molar-refractivity contribution is 7.10. The summed E-state index contributed by atoms with van der Waals surface area (Å²) in [6.45, 7) is 4.53. The van der Waals surface area contributed by atoms with Gasteiger partial charge in [0, 0.05) is 17.0 Å². The van der Waals surface area contributed by atoms with Crippen LogP contribution in [0.15, 0.2) is 65.7 Å². The Bertz CT molecular complexity index is 1110. The van der Waals surface area contributed by atoms with E-state index in [1.807, 2.05) is 55.6 Å². The van der Waals surface area contributed by atoms with Gasteiger partial charge in [-0.1, -0.05) is 30.3 Å². The molecule has 3 rings (SSSR count). The zero-order valence-corrected chi connectivity index (χ0v) is 19.1. The summed E-state index contributed by atoms with van der Waals surface area (Å²) in [6, 6.07) is 16.5. The first kappa shape index (κ1) is 23.1. The van der Waals surface area contributed by atoms with Gasteiger partial charge >= 0.3 is 0 Å². The Labute approximate surface area is 191 Å². The van der Waals surface area contributed by atoms with Crippen LogP contribution in [0.3, 0.4) is 0 Å². The van der Waals surface area contributed by atoms with Crippen LogP contribution in [-0.2, 0) is 11.3 Å². The van der Waals surface area contributed by atoms with Crippen molar-refractivity contribution in [1.29, 1.82) is 0 Å². The van der Waals surface area contributed by atoms with Crippen molar-refractivity contribution in [2.24, 2.45) is 0 Å². The fraction of sp³-hybridized carbons (Fsp3) is 0.200. The molecule has 3 aromatic rings. The number of thiophene rings is 1. The second kappa shape index (κ2) is 11.2. The van der Waals surface area contributed by atoms with Gasteiger partial charge in [-0.05, 0) is 60.7 Å². The second-order valence-corrected chi connectivity index (χ2v) is 7.92. The topological polar surface area (TPSA) is 76.7 Å².